The van der Waals surface area contributed by atoms with E-state index >= 15 is 0 Å². The van der Waals surface area contributed by atoms with Crippen LogP contribution in [0, 0.1) is 0 Å². The van der Waals surface area contributed by atoms with Gasteiger partial charge in [0, 0.05) is 14.6 Å². The molecule has 2 nitrogen and oxygen atoms in total. The third-order valence-electron chi connectivity index (χ3n) is 1.92. The molecule has 1 aromatic heterocycles. The molecule has 3 N–H and O–H groups in total. The molecular formula is C9H8BrNOS. The number of nitrogens with two attached hydrogens (primary N) is 1. The van der Waals surface area contributed by atoms with Gasteiger partial charge in [-0.3, -0.25) is 0 Å². The normalized spacial score (nSPS) is 10.9. The summed E-state index contributed by atoms with van der Waals surface area (Å²) >= 11 is 4.97. The Balaban J connectivity index is 2.85. The maximum Gasteiger partial charge on any atom is 0.0795 e. The molecule has 0 saturated carbocycles. The van der Waals surface area contributed by atoms with E-state index in [9.17, 15) is 0 Å². The number of aliphatic hydroxyl groups is 1. The molecule has 0 atom stereocenters. The topological polar surface area (TPSA) is 46.2 Å². The lowest BCUT2D eigenvalue weighted by Gasteiger charge is -1.95. The van der Waals surface area contributed by atoms with Crippen LogP contribution in [0.15, 0.2) is 22.7 Å². The van der Waals surface area contributed by atoms with E-state index in [1.807, 2.05) is 18.2 Å². The average Bonchev–Trinajstić information content (AvgIpc) is 2.44. The maximum atomic E-state index is 9.03. The van der Waals surface area contributed by atoms with E-state index in [2.05, 4.69) is 15.9 Å². The summed E-state index contributed by atoms with van der Waals surface area (Å²) in [6, 6.07) is 5.91. The summed E-state index contributed by atoms with van der Waals surface area (Å²) in [6.07, 6.45) is 0. The minimum absolute atomic E-state index is 0.0115. The van der Waals surface area contributed by atoms with Crippen molar-refractivity contribution >= 4 is 43.0 Å². The highest BCUT2D eigenvalue weighted by Crippen LogP contribution is 2.37. The maximum absolute atomic E-state index is 9.03. The zero-order valence-corrected chi connectivity index (χ0v) is 9.15. The van der Waals surface area contributed by atoms with Crippen LogP contribution < -0.4 is 5.73 Å². The van der Waals surface area contributed by atoms with E-state index in [-0.39, 0.29) is 6.61 Å². The summed E-state index contributed by atoms with van der Waals surface area (Å²) in [7, 11) is 0. The second-order valence-electron chi connectivity index (χ2n) is 2.71. The van der Waals surface area contributed by atoms with Crippen LogP contribution in [0.2, 0.25) is 0 Å². The van der Waals surface area contributed by atoms with Crippen molar-refractivity contribution in [2.45, 2.75) is 6.61 Å². The quantitative estimate of drug-likeness (QED) is 0.826. The van der Waals surface area contributed by atoms with Crippen molar-refractivity contribution in [2.75, 3.05) is 5.73 Å². The number of aliphatic hydroxyl groups excluding tert-OH is 1. The molecule has 1 aromatic carbocycles. The van der Waals surface area contributed by atoms with Gasteiger partial charge in [-0.1, -0.05) is 22.0 Å². The molecule has 1 heterocycles. The summed E-state index contributed by atoms with van der Waals surface area (Å²) in [5, 5.41) is 10.0. The van der Waals surface area contributed by atoms with Crippen molar-refractivity contribution in [3.05, 3.63) is 27.5 Å². The lowest BCUT2D eigenvalue weighted by Crippen LogP contribution is -1.88. The molecule has 0 unspecified atom stereocenters. The van der Waals surface area contributed by atoms with Crippen LogP contribution in [0.25, 0.3) is 10.1 Å². The van der Waals surface area contributed by atoms with Crippen molar-refractivity contribution in [3.63, 3.8) is 0 Å². The molecule has 2 aromatic rings. The van der Waals surface area contributed by atoms with Crippen molar-refractivity contribution in [1.82, 2.24) is 0 Å². The first-order valence-corrected chi connectivity index (χ1v) is 5.41. The predicted octanol–water partition coefficient (Wildman–Crippen LogP) is 2.74. The summed E-state index contributed by atoms with van der Waals surface area (Å²) in [5.41, 5.74) is 6.56. The van der Waals surface area contributed by atoms with Crippen LogP contribution in [0.4, 0.5) is 5.69 Å². The molecule has 0 saturated heterocycles. The summed E-state index contributed by atoms with van der Waals surface area (Å²) in [6.45, 7) is 0.0115. The van der Waals surface area contributed by atoms with Gasteiger partial charge >= 0.3 is 0 Å². The zero-order valence-electron chi connectivity index (χ0n) is 6.75. The molecule has 0 aliphatic heterocycles. The number of thiophene rings is 1. The first-order valence-electron chi connectivity index (χ1n) is 3.80. The molecule has 0 fully saturated rings. The number of nitrogen functional groups attached to an aromatic ring is 1. The van der Waals surface area contributed by atoms with E-state index in [1.54, 1.807) is 0 Å². The van der Waals surface area contributed by atoms with E-state index < -0.39 is 0 Å². The first-order chi connectivity index (χ1) is 6.24. The zero-order chi connectivity index (χ0) is 9.42. The Bertz CT molecular complexity index is 452. The van der Waals surface area contributed by atoms with Gasteiger partial charge in [0.15, 0.2) is 0 Å². The fourth-order valence-electron chi connectivity index (χ4n) is 1.30. The number of anilines is 1. The molecule has 0 aliphatic carbocycles. The average molecular weight is 258 g/mol. The SMILES string of the molecule is Nc1c(CO)sc2cccc(Br)c12. The summed E-state index contributed by atoms with van der Waals surface area (Å²) in [5.74, 6) is 0. The molecule has 2 rings (SSSR count). The van der Waals surface area contributed by atoms with Crippen LogP contribution >= 0.6 is 27.3 Å². The molecule has 4 heteroatoms. The molecule has 0 aliphatic rings. The smallest absolute Gasteiger partial charge is 0.0795 e. The Morgan fingerprint density at radius 3 is 2.85 bits per heavy atom. The Hall–Kier alpha value is -0.580. The van der Waals surface area contributed by atoms with Crippen LogP contribution in [0.3, 0.4) is 0 Å². The van der Waals surface area contributed by atoms with Crippen molar-refractivity contribution < 1.29 is 5.11 Å². The molecule has 0 amide bonds. The minimum Gasteiger partial charge on any atom is -0.397 e. The lowest BCUT2D eigenvalue weighted by molar-refractivity contribution is 0.286. The largest absolute Gasteiger partial charge is 0.397 e. The number of rotatable bonds is 1. The Morgan fingerprint density at radius 2 is 2.23 bits per heavy atom. The van der Waals surface area contributed by atoms with Gasteiger partial charge in [0.2, 0.25) is 0 Å². The number of fused-ring (bicyclic) bond motifs is 1. The van der Waals surface area contributed by atoms with E-state index in [4.69, 9.17) is 10.8 Å². The van der Waals surface area contributed by atoms with Gasteiger partial charge in [-0.25, -0.2) is 0 Å². The summed E-state index contributed by atoms with van der Waals surface area (Å²) in [4.78, 5) is 0.835. The van der Waals surface area contributed by atoms with Crippen LogP contribution in [-0.2, 0) is 6.61 Å². The highest BCUT2D eigenvalue weighted by atomic mass is 79.9. The fourth-order valence-corrected chi connectivity index (χ4v) is 3.02. The van der Waals surface area contributed by atoms with Crippen LogP contribution in [0.1, 0.15) is 4.88 Å². The Kier molecular flexibility index (Phi) is 2.27. The van der Waals surface area contributed by atoms with Crippen LogP contribution in [0.5, 0.6) is 0 Å². The van der Waals surface area contributed by atoms with Gasteiger partial charge < -0.3 is 10.8 Å². The molecule has 13 heavy (non-hydrogen) atoms. The predicted molar refractivity (Wildman–Crippen MR) is 59.9 cm³/mol. The van der Waals surface area contributed by atoms with Gasteiger partial charge in [0.1, 0.15) is 0 Å². The molecule has 0 bridgehead atoms. The van der Waals surface area contributed by atoms with Gasteiger partial charge in [-0.05, 0) is 12.1 Å². The van der Waals surface area contributed by atoms with E-state index in [0.717, 1.165) is 19.4 Å². The third kappa shape index (κ3) is 1.35. The number of halogens is 1. The number of benzene rings is 1. The lowest BCUT2D eigenvalue weighted by atomic mass is 10.2. The van der Waals surface area contributed by atoms with Gasteiger partial charge in [-0.15, -0.1) is 11.3 Å². The number of hydrogen-bond acceptors (Lipinski definition) is 3. The second kappa shape index (κ2) is 3.29. The highest BCUT2D eigenvalue weighted by Gasteiger charge is 2.10. The number of hydrogen-bond donors (Lipinski definition) is 2. The van der Waals surface area contributed by atoms with E-state index in [1.165, 1.54) is 11.3 Å². The van der Waals surface area contributed by atoms with Gasteiger partial charge in [-0.2, -0.15) is 0 Å². The van der Waals surface area contributed by atoms with Gasteiger partial charge in [0.25, 0.3) is 0 Å². The van der Waals surface area contributed by atoms with Crippen LogP contribution in [-0.4, -0.2) is 5.11 Å². The molecule has 68 valence electrons. The van der Waals surface area contributed by atoms with Gasteiger partial charge in [0.05, 0.1) is 17.2 Å². The second-order valence-corrected chi connectivity index (χ2v) is 4.70. The summed E-state index contributed by atoms with van der Waals surface area (Å²) < 4.78 is 2.09. The monoisotopic (exact) mass is 257 g/mol. The van der Waals surface area contributed by atoms with E-state index in [0.29, 0.717) is 5.69 Å². The highest BCUT2D eigenvalue weighted by molar-refractivity contribution is 9.10. The Morgan fingerprint density at radius 1 is 1.46 bits per heavy atom. The molecule has 0 spiro atoms. The first kappa shape index (κ1) is 8.99. The molecule has 0 radical (unpaired) electrons. The molecular weight excluding hydrogens is 250 g/mol. The fraction of sp³-hybridized carbons (Fsp3) is 0.111. The van der Waals surface area contributed by atoms with Crippen molar-refractivity contribution in [3.8, 4) is 0 Å². The minimum atomic E-state index is 0.0115. The van der Waals surface area contributed by atoms with Crippen molar-refractivity contribution in [2.24, 2.45) is 0 Å². The Labute approximate surface area is 88.1 Å². The standard InChI is InChI=1S/C9H8BrNOS/c10-5-2-1-3-6-8(5)9(11)7(4-12)13-6/h1-3,12H,4,11H2. The third-order valence-corrected chi connectivity index (χ3v) is 3.74. The van der Waals surface area contributed by atoms with Crippen molar-refractivity contribution in [1.29, 1.82) is 0 Å².